The fraction of sp³-hybridized carbons (Fsp3) is 0.111. The maximum atomic E-state index is 12.4. The van der Waals surface area contributed by atoms with Crippen LogP contribution in [-0.2, 0) is 6.18 Å². The Morgan fingerprint density at radius 1 is 1.29 bits per heavy atom. The molecule has 71 valence electrons. The average Bonchev–Trinajstić information content (AvgIpc) is 2.15. The molecule has 0 spiro atoms. The molecule has 0 saturated heterocycles. The summed E-state index contributed by atoms with van der Waals surface area (Å²) in [4.78, 5) is 7.31. The van der Waals surface area contributed by atoms with Crippen LogP contribution in [0, 0.1) is 6.20 Å². The Morgan fingerprint density at radius 2 is 2.07 bits per heavy atom. The van der Waals surface area contributed by atoms with Gasteiger partial charge in [0.2, 0.25) is 0 Å². The van der Waals surface area contributed by atoms with Gasteiger partial charge in [-0.2, -0.15) is 13.2 Å². The fourth-order valence-electron chi connectivity index (χ4n) is 1.15. The van der Waals surface area contributed by atoms with Crippen LogP contribution >= 0.6 is 0 Å². The van der Waals surface area contributed by atoms with E-state index in [1.807, 2.05) is 0 Å². The van der Waals surface area contributed by atoms with Gasteiger partial charge in [0, 0.05) is 6.20 Å². The number of nitrogens with zero attached hydrogens (tertiary/aromatic N) is 2. The molecule has 14 heavy (non-hydrogen) atoms. The first kappa shape index (κ1) is 8.93. The number of aromatic nitrogens is 2. The lowest BCUT2D eigenvalue weighted by atomic mass is 10.2. The maximum Gasteiger partial charge on any atom is 0.418 e. The highest BCUT2D eigenvalue weighted by Crippen LogP contribution is 2.32. The molecule has 0 amide bonds. The molecule has 5 heteroatoms. The van der Waals surface area contributed by atoms with E-state index in [2.05, 4.69) is 16.2 Å². The highest BCUT2D eigenvalue weighted by molar-refractivity contribution is 5.77. The number of fused-ring (bicyclic) bond motifs is 1. The topological polar surface area (TPSA) is 25.8 Å². The summed E-state index contributed by atoms with van der Waals surface area (Å²) in [5, 5.41) is 0. The number of rotatable bonds is 0. The first-order valence-corrected chi connectivity index (χ1v) is 3.78. The number of halogens is 3. The van der Waals surface area contributed by atoms with E-state index in [-0.39, 0.29) is 11.0 Å². The van der Waals surface area contributed by atoms with Gasteiger partial charge >= 0.3 is 6.18 Å². The van der Waals surface area contributed by atoms with E-state index in [0.29, 0.717) is 0 Å². The number of hydrogen-bond acceptors (Lipinski definition) is 2. The van der Waals surface area contributed by atoms with Gasteiger partial charge in [-0.15, -0.1) is 0 Å². The van der Waals surface area contributed by atoms with E-state index in [9.17, 15) is 13.2 Å². The van der Waals surface area contributed by atoms with Crippen LogP contribution in [0.4, 0.5) is 13.2 Å². The summed E-state index contributed by atoms with van der Waals surface area (Å²) >= 11 is 0. The maximum absolute atomic E-state index is 12.4. The molecule has 0 bridgehead atoms. The lowest BCUT2D eigenvalue weighted by Gasteiger charge is -2.07. The van der Waals surface area contributed by atoms with Crippen LogP contribution in [0.15, 0.2) is 24.4 Å². The molecule has 0 aliphatic heterocycles. The molecule has 2 aromatic heterocycles. The van der Waals surface area contributed by atoms with Crippen LogP contribution in [0.5, 0.6) is 0 Å². The van der Waals surface area contributed by atoms with E-state index < -0.39 is 11.7 Å². The van der Waals surface area contributed by atoms with Gasteiger partial charge in [-0.25, -0.2) is 4.98 Å². The Bertz CT molecular complexity index is 460. The van der Waals surface area contributed by atoms with E-state index in [1.54, 1.807) is 0 Å². The Morgan fingerprint density at radius 3 is 2.79 bits per heavy atom. The van der Waals surface area contributed by atoms with E-state index in [4.69, 9.17) is 0 Å². The second-order valence-corrected chi connectivity index (χ2v) is 2.67. The van der Waals surface area contributed by atoms with Crippen molar-refractivity contribution in [2.75, 3.05) is 0 Å². The Hall–Kier alpha value is -1.65. The van der Waals surface area contributed by atoms with E-state index in [1.165, 1.54) is 18.3 Å². The molecular formula is C9H4F3N2. The van der Waals surface area contributed by atoms with Crippen molar-refractivity contribution in [2.45, 2.75) is 6.18 Å². The van der Waals surface area contributed by atoms with Gasteiger partial charge < -0.3 is 0 Å². The predicted molar refractivity (Wildman–Crippen MR) is 43.4 cm³/mol. The SMILES string of the molecule is FC(F)(F)c1c[c]nc2cccnc12. The van der Waals surface area contributed by atoms with Crippen molar-refractivity contribution in [3.05, 3.63) is 36.2 Å². The standard InChI is InChI=1S/C9H4F3N2/c10-9(11,12)6-3-5-13-7-2-1-4-14-8(6)7/h1-4H. The summed E-state index contributed by atoms with van der Waals surface area (Å²) in [6.07, 6.45) is -0.905. The van der Waals surface area contributed by atoms with Gasteiger partial charge in [-0.3, -0.25) is 4.98 Å². The van der Waals surface area contributed by atoms with E-state index >= 15 is 0 Å². The summed E-state index contributed by atoms with van der Waals surface area (Å²) in [5.41, 5.74) is -0.746. The van der Waals surface area contributed by atoms with Gasteiger partial charge in [-0.05, 0) is 18.2 Å². The molecule has 0 saturated carbocycles. The minimum atomic E-state index is -4.41. The Labute approximate surface area is 77.4 Å². The van der Waals surface area contributed by atoms with Crippen LogP contribution in [0.25, 0.3) is 11.0 Å². The first-order valence-electron chi connectivity index (χ1n) is 3.78. The summed E-state index contributed by atoms with van der Waals surface area (Å²) in [6.45, 7) is 0. The summed E-state index contributed by atoms with van der Waals surface area (Å²) < 4.78 is 37.3. The average molecular weight is 197 g/mol. The van der Waals surface area contributed by atoms with Crippen LogP contribution < -0.4 is 0 Å². The third kappa shape index (κ3) is 1.41. The highest BCUT2D eigenvalue weighted by Gasteiger charge is 2.33. The quantitative estimate of drug-likeness (QED) is 0.648. The zero-order chi connectivity index (χ0) is 10.2. The molecule has 0 aliphatic carbocycles. The summed E-state index contributed by atoms with van der Waals surface area (Å²) in [5.74, 6) is 0. The molecule has 0 atom stereocenters. The third-order valence-corrected chi connectivity index (χ3v) is 1.74. The fourth-order valence-corrected chi connectivity index (χ4v) is 1.15. The molecule has 2 nitrogen and oxygen atoms in total. The predicted octanol–water partition coefficient (Wildman–Crippen LogP) is 2.45. The monoisotopic (exact) mass is 197 g/mol. The van der Waals surface area contributed by atoms with Crippen molar-refractivity contribution in [1.29, 1.82) is 0 Å². The van der Waals surface area contributed by atoms with Crippen molar-refractivity contribution < 1.29 is 13.2 Å². The molecule has 0 N–H and O–H groups in total. The van der Waals surface area contributed by atoms with Gasteiger partial charge in [-0.1, -0.05) is 0 Å². The molecule has 1 radical (unpaired) electrons. The van der Waals surface area contributed by atoms with Crippen LogP contribution in [-0.4, -0.2) is 9.97 Å². The molecule has 0 unspecified atom stereocenters. The van der Waals surface area contributed by atoms with Gasteiger partial charge in [0.25, 0.3) is 0 Å². The van der Waals surface area contributed by atoms with Crippen molar-refractivity contribution in [3.63, 3.8) is 0 Å². The van der Waals surface area contributed by atoms with Gasteiger partial charge in [0.15, 0.2) is 0 Å². The second kappa shape index (κ2) is 2.94. The molecule has 0 aliphatic rings. The molecule has 2 rings (SSSR count). The normalized spacial score (nSPS) is 11.9. The largest absolute Gasteiger partial charge is 0.418 e. The minimum Gasteiger partial charge on any atom is -0.254 e. The number of pyridine rings is 2. The van der Waals surface area contributed by atoms with Crippen molar-refractivity contribution in [1.82, 2.24) is 9.97 Å². The van der Waals surface area contributed by atoms with Crippen LogP contribution in [0.2, 0.25) is 0 Å². The second-order valence-electron chi connectivity index (χ2n) is 2.67. The van der Waals surface area contributed by atoms with Crippen molar-refractivity contribution >= 4 is 11.0 Å². The van der Waals surface area contributed by atoms with Crippen molar-refractivity contribution in [3.8, 4) is 0 Å². The molecule has 2 heterocycles. The lowest BCUT2D eigenvalue weighted by molar-refractivity contribution is -0.136. The van der Waals surface area contributed by atoms with Crippen molar-refractivity contribution in [2.24, 2.45) is 0 Å². The van der Waals surface area contributed by atoms with Gasteiger partial charge in [0.1, 0.15) is 5.52 Å². The molecule has 2 aromatic rings. The smallest absolute Gasteiger partial charge is 0.254 e. The highest BCUT2D eigenvalue weighted by atomic mass is 19.4. The summed E-state index contributed by atoms with van der Waals surface area (Å²) in [7, 11) is 0. The minimum absolute atomic E-state index is 0.140. The number of alkyl halides is 3. The van der Waals surface area contributed by atoms with Crippen LogP contribution in [0.3, 0.4) is 0 Å². The third-order valence-electron chi connectivity index (χ3n) is 1.74. The molecular weight excluding hydrogens is 193 g/mol. The number of hydrogen-bond donors (Lipinski definition) is 0. The lowest BCUT2D eigenvalue weighted by Crippen LogP contribution is -2.06. The Kier molecular flexibility index (Phi) is 1.87. The molecule has 0 fully saturated rings. The Balaban J connectivity index is 2.78. The van der Waals surface area contributed by atoms with Crippen LogP contribution in [0.1, 0.15) is 5.56 Å². The zero-order valence-electron chi connectivity index (χ0n) is 6.84. The zero-order valence-corrected chi connectivity index (χ0v) is 6.84. The van der Waals surface area contributed by atoms with E-state index in [0.717, 1.165) is 6.07 Å². The summed E-state index contributed by atoms with van der Waals surface area (Å²) in [6, 6.07) is 3.80. The molecule has 0 aromatic carbocycles. The first-order chi connectivity index (χ1) is 6.59. The van der Waals surface area contributed by atoms with Gasteiger partial charge in [0.05, 0.1) is 17.3 Å².